The van der Waals surface area contributed by atoms with Crippen LogP contribution in [0.2, 0.25) is 0 Å². The Labute approximate surface area is 98.2 Å². The van der Waals surface area contributed by atoms with Gasteiger partial charge in [0.15, 0.2) is 0 Å². The second kappa shape index (κ2) is 5.83. The van der Waals surface area contributed by atoms with E-state index in [-0.39, 0.29) is 18.1 Å². The summed E-state index contributed by atoms with van der Waals surface area (Å²) >= 11 is 0. The van der Waals surface area contributed by atoms with Crippen molar-refractivity contribution in [3.05, 3.63) is 30.1 Å². The van der Waals surface area contributed by atoms with Crippen molar-refractivity contribution < 1.29 is 14.0 Å². The van der Waals surface area contributed by atoms with E-state index in [0.717, 1.165) is 0 Å². The van der Waals surface area contributed by atoms with Crippen LogP contribution in [0.4, 0.5) is 10.1 Å². The van der Waals surface area contributed by atoms with Crippen molar-refractivity contribution in [2.45, 2.75) is 12.5 Å². The standard InChI is InChI=1S/C11H14FN3O2/c1-14-10(16)6-9(11(13)17)15-8-4-2-7(12)3-5-8/h2-5,9,15H,6H2,1H3,(H2,13,17)(H,14,16). The number of benzene rings is 1. The highest BCUT2D eigenvalue weighted by Gasteiger charge is 2.18. The zero-order valence-corrected chi connectivity index (χ0v) is 9.37. The second-order valence-electron chi connectivity index (χ2n) is 3.48. The summed E-state index contributed by atoms with van der Waals surface area (Å²) in [5, 5.41) is 5.17. The van der Waals surface area contributed by atoms with Crippen LogP contribution in [0, 0.1) is 5.82 Å². The number of hydrogen-bond acceptors (Lipinski definition) is 3. The van der Waals surface area contributed by atoms with Crippen LogP contribution in [0.25, 0.3) is 0 Å². The van der Waals surface area contributed by atoms with Gasteiger partial charge in [0.2, 0.25) is 11.8 Å². The van der Waals surface area contributed by atoms with Gasteiger partial charge in [-0.15, -0.1) is 0 Å². The third-order valence-corrected chi connectivity index (χ3v) is 2.20. The largest absolute Gasteiger partial charge is 0.373 e. The van der Waals surface area contributed by atoms with E-state index in [9.17, 15) is 14.0 Å². The molecular weight excluding hydrogens is 225 g/mol. The molecule has 0 aliphatic heterocycles. The lowest BCUT2D eigenvalue weighted by Crippen LogP contribution is -2.39. The van der Waals surface area contributed by atoms with Gasteiger partial charge in [0, 0.05) is 12.7 Å². The van der Waals surface area contributed by atoms with Gasteiger partial charge >= 0.3 is 0 Å². The fourth-order valence-electron chi connectivity index (χ4n) is 1.26. The number of amides is 2. The Morgan fingerprint density at radius 1 is 1.35 bits per heavy atom. The Kier molecular flexibility index (Phi) is 4.45. The maximum Gasteiger partial charge on any atom is 0.240 e. The first-order valence-electron chi connectivity index (χ1n) is 5.05. The zero-order valence-electron chi connectivity index (χ0n) is 9.37. The number of carbonyl (C=O) groups is 2. The van der Waals surface area contributed by atoms with E-state index in [1.54, 1.807) is 0 Å². The Morgan fingerprint density at radius 2 is 1.94 bits per heavy atom. The zero-order chi connectivity index (χ0) is 12.8. The second-order valence-corrected chi connectivity index (χ2v) is 3.48. The maximum absolute atomic E-state index is 12.7. The molecule has 1 aromatic carbocycles. The minimum Gasteiger partial charge on any atom is -0.373 e. The number of nitrogens with two attached hydrogens (primary N) is 1. The summed E-state index contributed by atoms with van der Waals surface area (Å²) < 4.78 is 12.7. The average Bonchev–Trinajstić information content (AvgIpc) is 2.30. The Balaban J connectivity index is 2.70. The molecule has 0 fully saturated rings. The van der Waals surface area contributed by atoms with Crippen LogP contribution < -0.4 is 16.4 Å². The van der Waals surface area contributed by atoms with Crippen LogP contribution in [-0.4, -0.2) is 24.9 Å². The molecule has 2 amide bonds. The molecule has 92 valence electrons. The first-order valence-corrected chi connectivity index (χ1v) is 5.05. The van der Waals surface area contributed by atoms with Gasteiger partial charge in [0.25, 0.3) is 0 Å². The molecule has 0 bridgehead atoms. The first-order chi connectivity index (χ1) is 8.02. The number of carbonyl (C=O) groups excluding carboxylic acids is 2. The minimum absolute atomic E-state index is 0.0663. The molecule has 6 heteroatoms. The summed E-state index contributed by atoms with van der Waals surface area (Å²) in [7, 11) is 1.47. The monoisotopic (exact) mass is 239 g/mol. The van der Waals surface area contributed by atoms with Crippen LogP contribution in [0.15, 0.2) is 24.3 Å². The summed E-state index contributed by atoms with van der Waals surface area (Å²) in [5.74, 6) is -1.32. The van der Waals surface area contributed by atoms with Gasteiger partial charge in [-0.05, 0) is 24.3 Å². The van der Waals surface area contributed by atoms with E-state index in [2.05, 4.69) is 10.6 Å². The fraction of sp³-hybridized carbons (Fsp3) is 0.273. The van der Waals surface area contributed by atoms with E-state index in [4.69, 9.17) is 5.73 Å². The molecule has 0 aromatic heterocycles. The minimum atomic E-state index is -0.819. The Hall–Kier alpha value is -2.11. The van der Waals surface area contributed by atoms with Crippen molar-refractivity contribution in [2.24, 2.45) is 5.73 Å². The average molecular weight is 239 g/mol. The molecule has 1 unspecified atom stereocenters. The van der Waals surface area contributed by atoms with Crippen molar-refractivity contribution in [3.63, 3.8) is 0 Å². The summed E-state index contributed by atoms with van der Waals surface area (Å²) in [4.78, 5) is 22.3. The SMILES string of the molecule is CNC(=O)CC(Nc1ccc(F)cc1)C(N)=O. The third kappa shape index (κ3) is 4.10. The lowest BCUT2D eigenvalue weighted by molar-refractivity contribution is -0.125. The van der Waals surface area contributed by atoms with E-state index in [0.29, 0.717) is 5.69 Å². The van der Waals surface area contributed by atoms with Crippen LogP contribution in [0.5, 0.6) is 0 Å². The number of halogens is 1. The highest BCUT2D eigenvalue weighted by atomic mass is 19.1. The summed E-state index contributed by atoms with van der Waals surface area (Å²) in [5.41, 5.74) is 5.69. The molecular formula is C11H14FN3O2. The summed E-state index contributed by atoms with van der Waals surface area (Å²) in [6.45, 7) is 0. The number of rotatable bonds is 5. The molecule has 5 nitrogen and oxygen atoms in total. The molecule has 0 saturated carbocycles. The van der Waals surface area contributed by atoms with E-state index in [1.165, 1.54) is 31.3 Å². The predicted octanol–water partition coefficient (Wildman–Crippen LogP) is 0.228. The van der Waals surface area contributed by atoms with Gasteiger partial charge in [-0.2, -0.15) is 0 Å². The number of anilines is 1. The summed E-state index contributed by atoms with van der Waals surface area (Å²) in [6.07, 6.45) is -0.0663. The Bertz CT molecular complexity index is 406. The molecule has 0 aliphatic rings. The van der Waals surface area contributed by atoms with Crippen LogP contribution in [0.3, 0.4) is 0 Å². The van der Waals surface area contributed by atoms with Crippen molar-refractivity contribution in [1.29, 1.82) is 0 Å². The maximum atomic E-state index is 12.7. The lowest BCUT2D eigenvalue weighted by Gasteiger charge is -2.15. The topological polar surface area (TPSA) is 84.2 Å². The van der Waals surface area contributed by atoms with Crippen molar-refractivity contribution in [1.82, 2.24) is 5.32 Å². The number of primary amides is 1. The van der Waals surface area contributed by atoms with E-state index < -0.39 is 11.9 Å². The van der Waals surface area contributed by atoms with Crippen molar-refractivity contribution in [3.8, 4) is 0 Å². The molecule has 0 radical (unpaired) electrons. The van der Waals surface area contributed by atoms with Crippen LogP contribution >= 0.6 is 0 Å². The molecule has 0 aliphatic carbocycles. The highest BCUT2D eigenvalue weighted by molar-refractivity contribution is 5.89. The number of nitrogens with one attached hydrogen (secondary N) is 2. The van der Waals surface area contributed by atoms with Gasteiger partial charge in [-0.1, -0.05) is 0 Å². The van der Waals surface area contributed by atoms with Crippen molar-refractivity contribution in [2.75, 3.05) is 12.4 Å². The molecule has 17 heavy (non-hydrogen) atoms. The molecule has 0 saturated heterocycles. The number of hydrogen-bond donors (Lipinski definition) is 3. The summed E-state index contributed by atoms with van der Waals surface area (Å²) in [6, 6.07) is 4.62. The van der Waals surface area contributed by atoms with Gasteiger partial charge in [0.05, 0.1) is 6.42 Å². The first kappa shape index (κ1) is 13.0. The molecule has 1 rings (SSSR count). The Morgan fingerprint density at radius 3 is 2.41 bits per heavy atom. The molecule has 4 N–H and O–H groups in total. The van der Waals surface area contributed by atoms with Gasteiger partial charge < -0.3 is 16.4 Å². The van der Waals surface area contributed by atoms with E-state index in [1.807, 2.05) is 0 Å². The van der Waals surface area contributed by atoms with Gasteiger partial charge in [-0.25, -0.2) is 4.39 Å². The van der Waals surface area contributed by atoms with Crippen LogP contribution in [0.1, 0.15) is 6.42 Å². The lowest BCUT2D eigenvalue weighted by atomic mass is 10.1. The fourth-order valence-corrected chi connectivity index (χ4v) is 1.26. The third-order valence-electron chi connectivity index (χ3n) is 2.20. The van der Waals surface area contributed by atoms with Crippen LogP contribution in [-0.2, 0) is 9.59 Å². The molecule has 1 atom stereocenters. The van der Waals surface area contributed by atoms with Gasteiger partial charge in [-0.3, -0.25) is 9.59 Å². The van der Waals surface area contributed by atoms with Gasteiger partial charge in [0.1, 0.15) is 11.9 Å². The van der Waals surface area contributed by atoms with E-state index >= 15 is 0 Å². The molecule has 0 spiro atoms. The molecule has 0 heterocycles. The predicted molar refractivity (Wildman–Crippen MR) is 61.7 cm³/mol. The normalized spacial score (nSPS) is 11.6. The molecule has 1 aromatic rings. The highest BCUT2D eigenvalue weighted by Crippen LogP contribution is 2.10. The smallest absolute Gasteiger partial charge is 0.240 e. The quantitative estimate of drug-likeness (QED) is 0.687. The van der Waals surface area contributed by atoms with Crippen molar-refractivity contribution >= 4 is 17.5 Å².